The van der Waals surface area contributed by atoms with Crippen molar-refractivity contribution in [1.29, 1.82) is 0 Å². The summed E-state index contributed by atoms with van der Waals surface area (Å²) in [6, 6.07) is 0. The van der Waals surface area contributed by atoms with Gasteiger partial charge in [0.05, 0.1) is 5.76 Å². The second kappa shape index (κ2) is 5.03. The largest absolute Gasteiger partial charge is 0.513 e. The van der Waals surface area contributed by atoms with E-state index in [1.807, 2.05) is 0 Å². The van der Waals surface area contributed by atoms with Crippen molar-refractivity contribution in [2.75, 3.05) is 0 Å². The van der Waals surface area contributed by atoms with Crippen LogP contribution in [0.25, 0.3) is 0 Å². The maximum absolute atomic E-state index is 10.1. The minimum atomic E-state index is 0.655. The standard InChI is InChI=1S/C20H32O/c1-3-13-11-15(21)12-14-6-7-16-17(19(13)14)8-10-20(2)9-4-5-18(16)20/h11,13-14,16-19,21H,3-10,12H2,1-2H3/t13?,14?,16?,17?,18?,19?,20-/m0/s1. The molecule has 118 valence electrons. The molecule has 0 aromatic heterocycles. The van der Waals surface area contributed by atoms with E-state index in [1.54, 1.807) is 0 Å². The van der Waals surface area contributed by atoms with Crippen LogP contribution in [0, 0.1) is 40.9 Å². The minimum absolute atomic E-state index is 0.655. The molecule has 0 amide bonds. The van der Waals surface area contributed by atoms with E-state index in [0.717, 1.165) is 36.0 Å². The van der Waals surface area contributed by atoms with Crippen LogP contribution in [0.5, 0.6) is 0 Å². The molecular weight excluding hydrogens is 256 g/mol. The Labute approximate surface area is 130 Å². The highest BCUT2D eigenvalue weighted by Crippen LogP contribution is 2.63. The first-order chi connectivity index (χ1) is 10.1. The fraction of sp³-hybridized carbons (Fsp3) is 0.900. The number of rotatable bonds is 1. The van der Waals surface area contributed by atoms with Crippen molar-refractivity contribution in [2.45, 2.75) is 71.6 Å². The van der Waals surface area contributed by atoms with Crippen molar-refractivity contribution in [3.8, 4) is 0 Å². The van der Waals surface area contributed by atoms with Gasteiger partial charge >= 0.3 is 0 Å². The van der Waals surface area contributed by atoms with Crippen molar-refractivity contribution in [2.24, 2.45) is 40.9 Å². The van der Waals surface area contributed by atoms with Crippen LogP contribution in [-0.4, -0.2) is 5.11 Å². The summed E-state index contributed by atoms with van der Waals surface area (Å²) in [5, 5.41) is 10.1. The Morgan fingerprint density at radius 2 is 2.00 bits per heavy atom. The number of aliphatic hydroxyl groups excluding tert-OH is 1. The second-order valence-electron chi connectivity index (χ2n) is 8.87. The van der Waals surface area contributed by atoms with Crippen LogP contribution in [-0.2, 0) is 0 Å². The van der Waals surface area contributed by atoms with Crippen LogP contribution in [0.3, 0.4) is 0 Å². The van der Waals surface area contributed by atoms with Gasteiger partial charge in [-0.25, -0.2) is 0 Å². The number of aliphatic hydroxyl groups is 1. The summed E-state index contributed by atoms with van der Waals surface area (Å²) < 4.78 is 0. The lowest BCUT2D eigenvalue weighted by atomic mass is 9.49. The Hall–Kier alpha value is -0.460. The highest BCUT2D eigenvalue weighted by Gasteiger charge is 2.54. The molecule has 1 nitrogen and oxygen atoms in total. The topological polar surface area (TPSA) is 20.2 Å². The molecule has 0 aliphatic heterocycles. The Kier molecular flexibility index (Phi) is 3.39. The van der Waals surface area contributed by atoms with Crippen molar-refractivity contribution in [1.82, 2.24) is 0 Å². The molecule has 0 radical (unpaired) electrons. The molecule has 0 aromatic carbocycles. The van der Waals surface area contributed by atoms with E-state index < -0.39 is 0 Å². The third kappa shape index (κ3) is 2.10. The molecule has 3 saturated carbocycles. The average Bonchev–Trinajstić information content (AvgIpc) is 2.87. The van der Waals surface area contributed by atoms with Gasteiger partial charge in [0.25, 0.3) is 0 Å². The van der Waals surface area contributed by atoms with Crippen molar-refractivity contribution >= 4 is 0 Å². The molecule has 4 aliphatic carbocycles. The summed E-state index contributed by atoms with van der Waals surface area (Å²) in [4.78, 5) is 0. The Morgan fingerprint density at radius 1 is 1.14 bits per heavy atom. The highest BCUT2D eigenvalue weighted by molar-refractivity contribution is 5.11. The van der Waals surface area contributed by atoms with Crippen molar-refractivity contribution in [3.05, 3.63) is 11.8 Å². The normalized spacial score (nSPS) is 52.6. The van der Waals surface area contributed by atoms with Gasteiger partial charge in [-0.3, -0.25) is 0 Å². The van der Waals surface area contributed by atoms with Gasteiger partial charge in [-0.1, -0.05) is 20.3 Å². The third-order valence-corrected chi connectivity index (χ3v) is 8.03. The minimum Gasteiger partial charge on any atom is -0.513 e. The molecule has 0 heterocycles. The van der Waals surface area contributed by atoms with E-state index in [0.29, 0.717) is 17.1 Å². The maximum atomic E-state index is 10.1. The maximum Gasteiger partial charge on any atom is 0.0888 e. The molecule has 4 rings (SSSR count). The van der Waals surface area contributed by atoms with Crippen LogP contribution in [0.2, 0.25) is 0 Å². The molecule has 7 atom stereocenters. The number of allylic oxidation sites excluding steroid dienone is 2. The van der Waals surface area contributed by atoms with Crippen LogP contribution < -0.4 is 0 Å². The molecule has 0 aromatic rings. The molecule has 0 spiro atoms. The molecule has 3 fully saturated rings. The highest BCUT2D eigenvalue weighted by atomic mass is 16.3. The molecular formula is C20H32O. The number of fused-ring (bicyclic) bond motifs is 5. The zero-order valence-corrected chi connectivity index (χ0v) is 13.9. The van der Waals surface area contributed by atoms with Crippen LogP contribution in [0.1, 0.15) is 71.6 Å². The van der Waals surface area contributed by atoms with E-state index >= 15 is 0 Å². The fourth-order valence-corrected chi connectivity index (χ4v) is 7.14. The van der Waals surface area contributed by atoms with Gasteiger partial charge in [-0.15, -0.1) is 0 Å². The first kappa shape index (κ1) is 14.2. The third-order valence-electron chi connectivity index (χ3n) is 8.03. The Balaban J connectivity index is 1.63. The lowest BCUT2D eigenvalue weighted by molar-refractivity contribution is -0.0566. The van der Waals surface area contributed by atoms with E-state index in [4.69, 9.17) is 0 Å². The number of hydrogen-bond donors (Lipinski definition) is 1. The predicted molar refractivity (Wildman–Crippen MR) is 87.0 cm³/mol. The monoisotopic (exact) mass is 288 g/mol. The van der Waals surface area contributed by atoms with Gasteiger partial charge in [-0.2, -0.15) is 0 Å². The van der Waals surface area contributed by atoms with Gasteiger partial charge < -0.3 is 5.11 Å². The summed E-state index contributed by atoms with van der Waals surface area (Å²) in [6.45, 7) is 4.92. The molecule has 4 aliphatic rings. The predicted octanol–water partition coefficient (Wildman–Crippen LogP) is 5.72. The summed E-state index contributed by atoms with van der Waals surface area (Å²) in [6.07, 6.45) is 14.7. The zero-order valence-electron chi connectivity index (χ0n) is 13.9. The van der Waals surface area contributed by atoms with Crippen LogP contribution >= 0.6 is 0 Å². The lowest BCUT2D eigenvalue weighted by Gasteiger charge is -2.56. The summed E-state index contributed by atoms with van der Waals surface area (Å²) in [5.41, 5.74) is 0.683. The summed E-state index contributed by atoms with van der Waals surface area (Å²) in [7, 11) is 0. The quantitative estimate of drug-likeness (QED) is 0.654. The molecule has 1 heteroatoms. The van der Waals surface area contributed by atoms with E-state index in [2.05, 4.69) is 19.9 Å². The second-order valence-corrected chi connectivity index (χ2v) is 8.87. The van der Waals surface area contributed by atoms with Crippen molar-refractivity contribution in [3.63, 3.8) is 0 Å². The lowest BCUT2D eigenvalue weighted by Crippen LogP contribution is -2.48. The molecule has 1 N–H and O–H groups in total. The Bertz CT molecular complexity index is 439. The van der Waals surface area contributed by atoms with E-state index in [1.165, 1.54) is 51.4 Å². The van der Waals surface area contributed by atoms with Crippen LogP contribution in [0.15, 0.2) is 11.8 Å². The van der Waals surface area contributed by atoms with Gasteiger partial charge in [0.2, 0.25) is 0 Å². The number of hydrogen-bond acceptors (Lipinski definition) is 1. The van der Waals surface area contributed by atoms with Crippen molar-refractivity contribution < 1.29 is 5.11 Å². The zero-order chi connectivity index (χ0) is 14.6. The van der Waals surface area contributed by atoms with Crippen LogP contribution in [0.4, 0.5) is 0 Å². The Morgan fingerprint density at radius 3 is 2.81 bits per heavy atom. The summed E-state index contributed by atoms with van der Waals surface area (Å²) in [5.74, 6) is 6.02. The van der Waals surface area contributed by atoms with E-state index in [9.17, 15) is 5.11 Å². The van der Waals surface area contributed by atoms with E-state index in [-0.39, 0.29) is 0 Å². The molecule has 0 saturated heterocycles. The smallest absolute Gasteiger partial charge is 0.0888 e. The summed E-state index contributed by atoms with van der Waals surface area (Å²) >= 11 is 0. The molecule has 6 unspecified atom stereocenters. The average molecular weight is 288 g/mol. The van der Waals surface area contributed by atoms with Gasteiger partial charge in [0.1, 0.15) is 0 Å². The fourth-order valence-electron chi connectivity index (χ4n) is 7.14. The first-order valence-corrected chi connectivity index (χ1v) is 9.52. The molecule has 21 heavy (non-hydrogen) atoms. The first-order valence-electron chi connectivity index (χ1n) is 9.52. The molecule has 0 bridgehead atoms. The SMILES string of the molecule is CCC1C=C(O)CC2CCC3C(CC[C@]4(C)CCCC34)C12. The van der Waals surface area contributed by atoms with Gasteiger partial charge in [0, 0.05) is 6.42 Å². The van der Waals surface area contributed by atoms with Gasteiger partial charge in [-0.05, 0) is 91.9 Å². The van der Waals surface area contributed by atoms with Gasteiger partial charge in [0.15, 0.2) is 0 Å².